The summed E-state index contributed by atoms with van der Waals surface area (Å²) >= 11 is 3.45. The molecule has 31 heavy (non-hydrogen) atoms. The predicted octanol–water partition coefficient (Wildman–Crippen LogP) is 3.93. The van der Waals surface area contributed by atoms with Crippen molar-refractivity contribution in [2.24, 2.45) is 11.0 Å². The molecule has 0 aliphatic rings. The summed E-state index contributed by atoms with van der Waals surface area (Å²) in [6.45, 7) is 7.67. The lowest BCUT2D eigenvalue weighted by molar-refractivity contribution is -0.123. The molecule has 7 nitrogen and oxygen atoms in total. The van der Waals surface area contributed by atoms with Crippen LogP contribution >= 0.6 is 15.9 Å². The Bertz CT molecular complexity index is 945. The number of nitrogens with zero attached hydrogens (tertiary/aromatic N) is 1. The molecule has 0 saturated carbocycles. The third kappa shape index (κ3) is 6.96. The van der Waals surface area contributed by atoms with E-state index in [1.165, 1.54) is 13.3 Å². The number of benzene rings is 2. The summed E-state index contributed by atoms with van der Waals surface area (Å²) in [5.74, 6) is 0.208. The second-order valence-corrected chi connectivity index (χ2v) is 7.78. The Morgan fingerprint density at radius 1 is 1.23 bits per heavy atom. The van der Waals surface area contributed by atoms with Crippen LogP contribution in [0.2, 0.25) is 0 Å². The normalized spacial score (nSPS) is 11.8. The van der Waals surface area contributed by atoms with Gasteiger partial charge in [0.25, 0.3) is 11.8 Å². The van der Waals surface area contributed by atoms with Crippen molar-refractivity contribution in [2.75, 3.05) is 13.7 Å². The molecule has 0 aliphatic heterocycles. The van der Waals surface area contributed by atoms with Gasteiger partial charge in [-0.3, -0.25) is 9.59 Å². The van der Waals surface area contributed by atoms with E-state index in [1.54, 1.807) is 42.5 Å². The van der Waals surface area contributed by atoms with Gasteiger partial charge in [0.1, 0.15) is 12.6 Å². The molecule has 0 fully saturated rings. The third-order valence-corrected chi connectivity index (χ3v) is 4.85. The number of methoxy groups -OCH3 is 1. The van der Waals surface area contributed by atoms with Gasteiger partial charge >= 0.3 is 0 Å². The van der Waals surface area contributed by atoms with E-state index in [1.807, 2.05) is 19.9 Å². The monoisotopic (exact) mass is 487 g/mol. The Labute approximate surface area is 190 Å². The fraction of sp³-hybridized carbons (Fsp3) is 0.261. The predicted molar refractivity (Wildman–Crippen MR) is 125 cm³/mol. The highest BCUT2D eigenvalue weighted by atomic mass is 79.9. The van der Waals surface area contributed by atoms with Crippen molar-refractivity contribution in [1.82, 2.24) is 10.7 Å². The first kappa shape index (κ1) is 24.1. The standard InChI is InChI=1S/C23H26BrN3O4/c1-5-11-31-21-18(24)12-16(13-19(21)30-4)14-25-27-23(29)20(15(2)3)26-22(28)17-9-7-6-8-10-17/h5-10,12-15,20H,1,11H2,2-4H3,(H,26,28)(H,27,29). The number of halogens is 1. The van der Waals surface area contributed by atoms with Crippen LogP contribution < -0.4 is 20.2 Å². The molecule has 0 aromatic heterocycles. The molecular formula is C23H26BrN3O4. The molecule has 0 aliphatic carbocycles. The summed E-state index contributed by atoms with van der Waals surface area (Å²) in [7, 11) is 1.54. The van der Waals surface area contributed by atoms with Crippen molar-refractivity contribution in [3.8, 4) is 11.5 Å². The summed E-state index contributed by atoms with van der Waals surface area (Å²) in [5.41, 5.74) is 3.66. The Balaban J connectivity index is 2.07. The minimum absolute atomic E-state index is 0.126. The minimum Gasteiger partial charge on any atom is -0.493 e. The van der Waals surface area contributed by atoms with E-state index < -0.39 is 11.9 Å². The maximum Gasteiger partial charge on any atom is 0.262 e. The van der Waals surface area contributed by atoms with E-state index in [2.05, 4.69) is 38.4 Å². The van der Waals surface area contributed by atoms with Gasteiger partial charge in [0, 0.05) is 5.56 Å². The van der Waals surface area contributed by atoms with Crippen molar-refractivity contribution in [1.29, 1.82) is 0 Å². The smallest absolute Gasteiger partial charge is 0.262 e. The molecule has 2 N–H and O–H groups in total. The number of hydrazone groups is 1. The lowest BCUT2D eigenvalue weighted by Crippen LogP contribution is -2.48. The van der Waals surface area contributed by atoms with Gasteiger partial charge in [-0.2, -0.15) is 5.10 Å². The average molecular weight is 488 g/mol. The van der Waals surface area contributed by atoms with E-state index in [9.17, 15) is 9.59 Å². The molecule has 0 spiro atoms. The van der Waals surface area contributed by atoms with Gasteiger partial charge < -0.3 is 14.8 Å². The summed E-state index contributed by atoms with van der Waals surface area (Å²) in [5, 5.41) is 6.78. The molecule has 0 bridgehead atoms. The molecule has 2 amide bonds. The topological polar surface area (TPSA) is 89.0 Å². The van der Waals surface area contributed by atoms with E-state index in [-0.39, 0.29) is 11.8 Å². The molecule has 2 aromatic carbocycles. The molecule has 1 unspecified atom stereocenters. The Morgan fingerprint density at radius 2 is 1.94 bits per heavy atom. The van der Waals surface area contributed by atoms with Crippen LogP contribution in [0.4, 0.5) is 0 Å². The highest BCUT2D eigenvalue weighted by Crippen LogP contribution is 2.36. The Kier molecular flexibility index (Phi) is 9.27. The number of ether oxygens (including phenoxy) is 2. The van der Waals surface area contributed by atoms with E-state index >= 15 is 0 Å². The zero-order valence-electron chi connectivity index (χ0n) is 17.7. The van der Waals surface area contributed by atoms with Crippen LogP contribution in [0.25, 0.3) is 0 Å². The first-order valence-electron chi connectivity index (χ1n) is 9.67. The maximum absolute atomic E-state index is 12.6. The molecular weight excluding hydrogens is 462 g/mol. The first-order valence-corrected chi connectivity index (χ1v) is 10.5. The number of hydrogen-bond acceptors (Lipinski definition) is 5. The molecule has 2 rings (SSSR count). The van der Waals surface area contributed by atoms with Crippen LogP contribution in [0.15, 0.2) is 64.7 Å². The van der Waals surface area contributed by atoms with Crippen molar-refractivity contribution in [2.45, 2.75) is 19.9 Å². The molecule has 8 heteroatoms. The lowest BCUT2D eigenvalue weighted by atomic mass is 10.0. The number of rotatable bonds is 10. The summed E-state index contributed by atoms with van der Waals surface area (Å²) in [6.07, 6.45) is 3.12. The maximum atomic E-state index is 12.6. The van der Waals surface area contributed by atoms with Gasteiger partial charge in [-0.25, -0.2) is 5.43 Å². The Hall–Kier alpha value is -3.13. The van der Waals surface area contributed by atoms with Gasteiger partial charge in [-0.05, 0) is 51.7 Å². The van der Waals surface area contributed by atoms with Gasteiger partial charge in [0.2, 0.25) is 0 Å². The first-order chi connectivity index (χ1) is 14.9. The Morgan fingerprint density at radius 3 is 2.55 bits per heavy atom. The average Bonchev–Trinajstić information content (AvgIpc) is 2.76. The lowest BCUT2D eigenvalue weighted by Gasteiger charge is -2.20. The van der Waals surface area contributed by atoms with Crippen molar-refractivity contribution in [3.05, 3.63) is 70.7 Å². The summed E-state index contributed by atoms with van der Waals surface area (Å²) < 4.78 is 11.6. The van der Waals surface area contributed by atoms with Gasteiger partial charge in [-0.1, -0.05) is 44.7 Å². The molecule has 0 heterocycles. The number of nitrogens with one attached hydrogen (secondary N) is 2. The number of carbonyl (C=O) groups excluding carboxylic acids is 2. The van der Waals surface area contributed by atoms with Gasteiger partial charge in [0.15, 0.2) is 11.5 Å². The quantitative estimate of drug-likeness (QED) is 0.302. The van der Waals surface area contributed by atoms with Crippen LogP contribution in [-0.4, -0.2) is 37.8 Å². The minimum atomic E-state index is -0.735. The van der Waals surface area contributed by atoms with Crippen molar-refractivity contribution in [3.63, 3.8) is 0 Å². The van der Waals surface area contributed by atoms with Crippen LogP contribution in [0.3, 0.4) is 0 Å². The SMILES string of the molecule is C=CCOc1c(Br)cc(C=NNC(=O)C(NC(=O)c2ccccc2)C(C)C)cc1OC. The molecule has 0 saturated heterocycles. The van der Waals surface area contributed by atoms with E-state index in [4.69, 9.17) is 9.47 Å². The molecule has 164 valence electrons. The molecule has 1 atom stereocenters. The highest BCUT2D eigenvalue weighted by molar-refractivity contribution is 9.10. The zero-order valence-corrected chi connectivity index (χ0v) is 19.3. The summed E-state index contributed by atoms with van der Waals surface area (Å²) in [4.78, 5) is 25.0. The van der Waals surface area contributed by atoms with Crippen molar-refractivity contribution >= 4 is 34.0 Å². The fourth-order valence-electron chi connectivity index (χ4n) is 2.69. The van der Waals surface area contributed by atoms with Crippen LogP contribution in [0, 0.1) is 5.92 Å². The number of carbonyl (C=O) groups is 2. The molecule has 0 radical (unpaired) electrons. The number of amides is 2. The molecule has 2 aromatic rings. The van der Waals surface area contributed by atoms with Crippen LogP contribution in [0.1, 0.15) is 29.8 Å². The number of hydrogen-bond donors (Lipinski definition) is 2. The van der Waals surface area contributed by atoms with Gasteiger partial charge in [0.05, 0.1) is 17.8 Å². The van der Waals surface area contributed by atoms with Crippen LogP contribution in [0.5, 0.6) is 11.5 Å². The highest BCUT2D eigenvalue weighted by Gasteiger charge is 2.24. The van der Waals surface area contributed by atoms with Gasteiger partial charge in [-0.15, -0.1) is 0 Å². The van der Waals surface area contributed by atoms with Crippen LogP contribution in [-0.2, 0) is 4.79 Å². The second-order valence-electron chi connectivity index (χ2n) is 6.93. The van der Waals surface area contributed by atoms with Crippen molar-refractivity contribution < 1.29 is 19.1 Å². The third-order valence-electron chi connectivity index (χ3n) is 4.26. The summed E-state index contributed by atoms with van der Waals surface area (Å²) in [6, 6.07) is 11.5. The fourth-order valence-corrected chi connectivity index (χ4v) is 3.26. The van der Waals surface area contributed by atoms with E-state index in [0.717, 1.165) is 0 Å². The largest absolute Gasteiger partial charge is 0.493 e. The van der Waals surface area contributed by atoms with E-state index in [0.29, 0.717) is 33.7 Å². The zero-order chi connectivity index (χ0) is 22.8. The second kappa shape index (κ2) is 11.9.